The zero-order valence-corrected chi connectivity index (χ0v) is 23.8. The Morgan fingerprint density at radius 2 is 1.95 bits per heavy atom. The van der Waals surface area contributed by atoms with E-state index in [-0.39, 0.29) is 28.7 Å². The quantitative estimate of drug-likeness (QED) is 0.186. The molecule has 3 heterocycles. The number of para-hydroxylation sites is 1. The van der Waals surface area contributed by atoms with Crippen LogP contribution in [0.3, 0.4) is 0 Å². The molecular formula is C24H32F2N7O7P. The molecule has 0 amide bonds. The molecule has 0 aliphatic carbocycles. The first-order chi connectivity index (χ1) is 19.2. The summed E-state index contributed by atoms with van der Waals surface area (Å²) in [6.45, 7) is 4.24. The molecule has 1 aliphatic heterocycles. The first kappa shape index (κ1) is 30.5. The third kappa shape index (κ3) is 6.26. The van der Waals surface area contributed by atoms with E-state index in [0.717, 1.165) is 17.8 Å². The fourth-order valence-electron chi connectivity index (χ4n) is 4.15. The summed E-state index contributed by atoms with van der Waals surface area (Å²) in [5.74, 6) is -3.90. The van der Waals surface area contributed by atoms with Gasteiger partial charge >= 0.3 is 13.7 Å². The van der Waals surface area contributed by atoms with E-state index in [9.17, 15) is 14.5 Å². The molecule has 14 nitrogen and oxygen atoms in total. The molecule has 1 aromatic carbocycles. The highest BCUT2D eigenvalue weighted by atomic mass is 31.2. The number of carbonyl (C=O) groups is 1. The summed E-state index contributed by atoms with van der Waals surface area (Å²) >= 11 is 0. The maximum Gasteiger partial charge on any atom is 0.459 e. The van der Waals surface area contributed by atoms with Crippen LogP contribution in [0, 0.1) is 0 Å². The maximum atomic E-state index is 16.2. The molecule has 4 rings (SSSR count). The molecule has 1 unspecified atom stereocenters. The summed E-state index contributed by atoms with van der Waals surface area (Å²) in [4.78, 5) is 24.5. The van der Waals surface area contributed by atoms with Crippen LogP contribution in [0.25, 0.3) is 11.2 Å². The number of aromatic nitrogens is 4. The minimum absolute atomic E-state index is 0.00494. The molecule has 17 heteroatoms. The van der Waals surface area contributed by atoms with Crippen LogP contribution in [-0.4, -0.2) is 74.0 Å². The molecule has 3 aromatic rings. The van der Waals surface area contributed by atoms with Crippen molar-refractivity contribution < 1.29 is 41.8 Å². The molecule has 1 saturated heterocycles. The predicted molar refractivity (Wildman–Crippen MR) is 143 cm³/mol. The lowest BCUT2D eigenvalue weighted by Gasteiger charge is -2.28. The second-order valence-corrected chi connectivity index (χ2v) is 11.5. The molecule has 0 bridgehead atoms. The van der Waals surface area contributed by atoms with Crippen molar-refractivity contribution in [3.05, 3.63) is 36.7 Å². The Morgan fingerprint density at radius 1 is 1.27 bits per heavy atom. The Hall–Kier alpha value is -3.43. The summed E-state index contributed by atoms with van der Waals surface area (Å²) in [5, 5.41) is 15.9. The lowest BCUT2D eigenvalue weighted by Crippen LogP contribution is -2.47. The Labute approximate surface area is 234 Å². The number of rotatable bonds is 11. The molecular weight excluding hydrogens is 567 g/mol. The minimum Gasteiger partial charge on any atom is -0.462 e. The van der Waals surface area contributed by atoms with E-state index in [1.165, 1.54) is 19.1 Å². The molecule has 6 atom stereocenters. The number of fused-ring (bicyclic) bond motifs is 1. The van der Waals surface area contributed by atoms with E-state index in [1.54, 1.807) is 39.1 Å². The lowest BCUT2D eigenvalue weighted by atomic mass is 9.97. The number of ether oxygens (including phenoxy) is 2. The van der Waals surface area contributed by atoms with E-state index in [0.29, 0.717) is 0 Å². The number of anilines is 2. The number of carbonyl (C=O) groups excluding carboxylic acids is 1. The smallest absolute Gasteiger partial charge is 0.459 e. The van der Waals surface area contributed by atoms with Crippen molar-refractivity contribution in [2.45, 2.75) is 63.7 Å². The summed E-state index contributed by atoms with van der Waals surface area (Å²) in [5.41, 5.74) is 3.18. The van der Waals surface area contributed by atoms with Gasteiger partial charge in [-0.3, -0.25) is 13.9 Å². The number of aliphatic hydroxyl groups excluding tert-OH is 1. The van der Waals surface area contributed by atoms with Gasteiger partial charge in [0.1, 0.15) is 18.4 Å². The van der Waals surface area contributed by atoms with E-state index in [1.807, 2.05) is 0 Å². The summed E-state index contributed by atoms with van der Waals surface area (Å²) in [6, 6.07) is 6.52. The maximum absolute atomic E-state index is 16.2. The van der Waals surface area contributed by atoms with Crippen molar-refractivity contribution in [1.29, 1.82) is 0 Å². The number of nitrogens with two attached hydrogens (primary N) is 1. The normalized spacial score (nSPS) is 26.6. The number of halogens is 2. The highest BCUT2D eigenvalue weighted by Crippen LogP contribution is 2.52. The Bertz CT molecular complexity index is 1440. The van der Waals surface area contributed by atoms with Crippen molar-refractivity contribution in [3.63, 3.8) is 0 Å². The van der Waals surface area contributed by atoms with Crippen LogP contribution >= 0.6 is 7.75 Å². The van der Waals surface area contributed by atoms with Crippen LogP contribution in [0.1, 0.15) is 33.9 Å². The molecule has 224 valence electrons. The minimum atomic E-state index is -4.56. The van der Waals surface area contributed by atoms with Crippen LogP contribution in [0.4, 0.5) is 20.5 Å². The van der Waals surface area contributed by atoms with Gasteiger partial charge in [-0.25, -0.2) is 18.3 Å². The standard InChI is InChI=1S/C24H32F2N7O7P/c1-13(2)38-19(34)14(3)32-41(36,40-15-9-7-6-8-10-15)37-11-24(26)20(35)23(4,25)21(39-24)33-12-29-16-17(28-5)30-22(27)31-18(16)33/h6-10,12-14,20-21,35H,11H2,1-5H3,(H,32,36)(H3,27,28,30,31)/t14-,20-,21+,23+,24+,41?/m0/s1. The highest BCUT2D eigenvalue weighted by Gasteiger charge is 2.65. The average Bonchev–Trinajstić information content (AvgIpc) is 3.39. The second-order valence-electron chi connectivity index (χ2n) is 9.83. The fourth-order valence-corrected chi connectivity index (χ4v) is 5.66. The van der Waals surface area contributed by atoms with Gasteiger partial charge in [-0.05, 0) is 39.8 Å². The second kappa shape index (κ2) is 11.4. The number of nitrogens with one attached hydrogen (secondary N) is 2. The van der Waals surface area contributed by atoms with Gasteiger partial charge in [0.15, 0.2) is 35.0 Å². The van der Waals surface area contributed by atoms with E-state index < -0.39 is 56.3 Å². The molecule has 0 saturated carbocycles. The van der Waals surface area contributed by atoms with Gasteiger partial charge in [-0.1, -0.05) is 18.2 Å². The van der Waals surface area contributed by atoms with Crippen LogP contribution in [0.15, 0.2) is 36.7 Å². The van der Waals surface area contributed by atoms with Crippen molar-refractivity contribution in [3.8, 4) is 5.75 Å². The van der Waals surface area contributed by atoms with Crippen molar-refractivity contribution in [2.75, 3.05) is 24.7 Å². The molecule has 0 spiro atoms. The molecule has 1 aliphatic rings. The summed E-state index contributed by atoms with van der Waals surface area (Å²) in [6.07, 6.45) is -3.58. The van der Waals surface area contributed by atoms with Crippen LogP contribution in [0.5, 0.6) is 5.75 Å². The fraction of sp³-hybridized carbons (Fsp3) is 0.500. The molecule has 0 radical (unpaired) electrons. The Kier molecular flexibility index (Phi) is 8.52. The summed E-state index contributed by atoms with van der Waals surface area (Å²) in [7, 11) is -3.00. The number of hydrogen-bond acceptors (Lipinski definition) is 12. The monoisotopic (exact) mass is 599 g/mol. The van der Waals surface area contributed by atoms with Gasteiger partial charge in [0.05, 0.1) is 12.4 Å². The van der Waals surface area contributed by atoms with Gasteiger partial charge in [0.25, 0.3) is 5.85 Å². The van der Waals surface area contributed by atoms with Crippen LogP contribution in [0.2, 0.25) is 0 Å². The Balaban J connectivity index is 1.61. The van der Waals surface area contributed by atoms with Gasteiger partial charge < -0.3 is 30.2 Å². The number of benzene rings is 1. The number of aliphatic hydroxyl groups is 1. The van der Waals surface area contributed by atoms with Gasteiger partial charge in [-0.2, -0.15) is 15.1 Å². The third-order valence-electron chi connectivity index (χ3n) is 6.12. The third-order valence-corrected chi connectivity index (χ3v) is 7.74. The van der Waals surface area contributed by atoms with E-state index in [4.69, 9.17) is 24.3 Å². The summed E-state index contributed by atoms with van der Waals surface area (Å²) < 4.78 is 68.2. The average molecular weight is 600 g/mol. The molecule has 5 N–H and O–H groups in total. The SMILES string of the molecule is CNc1nc(N)nc2c1ncn2[C@@H]1O[C@](F)(COP(=O)(N[C@@H](C)C(=O)OC(C)C)Oc2ccccc2)[C@@H](O)[C@@]1(C)F. The number of esters is 1. The Morgan fingerprint density at radius 3 is 2.59 bits per heavy atom. The largest absolute Gasteiger partial charge is 0.462 e. The molecule has 2 aromatic heterocycles. The number of hydrogen-bond donors (Lipinski definition) is 4. The van der Waals surface area contributed by atoms with E-state index >= 15 is 8.78 Å². The van der Waals surface area contributed by atoms with Crippen LogP contribution in [-0.2, 0) is 23.4 Å². The first-order valence-corrected chi connectivity index (χ1v) is 14.1. The van der Waals surface area contributed by atoms with Crippen molar-refractivity contribution >= 4 is 36.6 Å². The van der Waals surface area contributed by atoms with Gasteiger partial charge in [0.2, 0.25) is 5.95 Å². The lowest BCUT2D eigenvalue weighted by molar-refractivity contribution is -0.202. The topological polar surface area (TPSA) is 185 Å². The van der Waals surface area contributed by atoms with Gasteiger partial charge in [-0.15, -0.1) is 0 Å². The van der Waals surface area contributed by atoms with Crippen molar-refractivity contribution in [2.24, 2.45) is 0 Å². The molecule has 1 fully saturated rings. The molecule has 41 heavy (non-hydrogen) atoms. The zero-order chi connectivity index (χ0) is 30.2. The number of nitrogen functional groups attached to an aromatic ring is 1. The van der Waals surface area contributed by atoms with E-state index in [2.05, 4.69) is 25.4 Å². The number of imidazole rings is 1. The van der Waals surface area contributed by atoms with Crippen molar-refractivity contribution in [1.82, 2.24) is 24.6 Å². The van der Waals surface area contributed by atoms with Crippen LogP contribution < -0.4 is 20.7 Å². The highest BCUT2D eigenvalue weighted by molar-refractivity contribution is 7.52. The van der Waals surface area contributed by atoms with Gasteiger partial charge in [0, 0.05) is 7.05 Å². The first-order valence-electron chi connectivity index (χ1n) is 12.6. The predicted octanol–water partition coefficient (Wildman–Crippen LogP) is 2.87. The number of nitrogens with zero attached hydrogens (tertiary/aromatic N) is 4. The zero-order valence-electron chi connectivity index (χ0n) is 22.9. The number of alkyl halides is 2.